The van der Waals surface area contributed by atoms with Gasteiger partial charge in [0.2, 0.25) is 0 Å². The summed E-state index contributed by atoms with van der Waals surface area (Å²) in [6.07, 6.45) is 3.73. The van der Waals surface area contributed by atoms with Crippen molar-refractivity contribution in [1.82, 2.24) is 4.98 Å². The van der Waals surface area contributed by atoms with Crippen LogP contribution in [0.25, 0.3) is 10.9 Å². The molecule has 1 heterocycles. The van der Waals surface area contributed by atoms with Crippen LogP contribution >= 0.6 is 0 Å². The summed E-state index contributed by atoms with van der Waals surface area (Å²) >= 11 is 0. The number of aromatic nitrogens is 1. The first-order valence-corrected chi connectivity index (χ1v) is 8.19. The fraction of sp³-hybridized carbons (Fsp3) is 0.300. The van der Waals surface area contributed by atoms with Gasteiger partial charge < -0.3 is 4.98 Å². The summed E-state index contributed by atoms with van der Waals surface area (Å²) in [5.74, 6) is -1.57. The smallest absolute Gasteiger partial charge is 0.159 e. The van der Waals surface area contributed by atoms with Crippen LogP contribution in [0.5, 0.6) is 0 Å². The highest BCUT2D eigenvalue weighted by Crippen LogP contribution is 2.28. The maximum Gasteiger partial charge on any atom is 0.159 e. The van der Waals surface area contributed by atoms with Gasteiger partial charge >= 0.3 is 0 Å². The first-order valence-electron chi connectivity index (χ1n) is 8.19. The molecule has 1 N–H and O–H groups in total. The highest BCUT2D eigenvalue weighted by Gasteiger charge is 2.12. The molecule has 0 atom stereocenters. The second-order valence-electron chi connectivity index (χ2n) is 6.49. The number of hydrogen-bond acceptors (Lipinski definition) is 0. The van der Waals surface area contributed by atoms with Crippen molar-refractivity contribution in [2.24, 2.45) is 0 Å². The van der Waals surface area contributed by atoms with Gasteiger partial charge in [-0.25, -0.2) is 13.2 Å². The van der Waals surface area contributed by atoms with Gasteiger partial charge in [0.25, 0.3) is 0 Å². The largest absolute Gasteiger partial charge is 0.361 e. The predicted molar refractivity (Wildman–Crippen MR) is 90.7 cm³/mol. The first kappa shape index (κ1) is 16.6. The number of halogens is 3. The van der Waals surface area contributed by atoms with Crippen LogP contribution in [-0.4, -0.2) is 4.98 Å². The first-order chi connectivity index (χ1) is 11.5. The Hall–Kier alpha value is -2.23. The van der Waals surface area contributed by atoms with Gasteiger partial charge in [0.15, 0.2) is 11.6 Å². The van der Waals surface area contributed by atoms with E-state index in [0.717, 1.165) is 28.1 Å². The van der Waals surface area contributed by atoms with E-state index >= 15 is 0 Å². The molecular formula is C20H20F3N. The van der Waals surface area contributed by atoms with E-state index in [0.29, 0.717) is 30.7 Å². The predicted octanol–water partition coefficient (Wildman–Crippen LogP) is 5.88. The van der Waals surface area contributed by atoms with Crippen LogP contribution in [-0.2, 0) is 12.8 Å². The van der Waals surface area contributed by atoms with Crippen LogP contribution in [0, 0.1) is 17.5 Å². The van der Waals surface area contributed by atoms with Crippen LogP contribution in [0.1, 0.15) is 42.9 Å². The number of H-pyrrole nitrogens is 1. The Balaban J connectivity index is 1.73. The van der Waals surface area contributed by atoms with E-state index in [2.05, 4.69) is 18.8 Å². The molecule has 0 spiro atoms. The lowest BCUT2D eigenvalue weighted by atomic mass is 9.99. The van der Waals surface area contributed by atoms with Crippen molar-refractivity contribution in [1.29, 1.82) is 0 Å². The molecule has 2 aromatic carbocycles. The molecule has 126 valence electrons. The molecule has 3 rings (SSSR count). The molecule has 0 saturated carbocycles. The molecule has 0 unspecified atom stereocenters. The molecule has 24 heavy (non-hydrogen) atoms. The van der Waals surface area contributed by atoms with Crippen LogP contribution < -0.4 is 0 Å². The Morgan fingerprint density at radius 1 is 0.917 bits per heavy atom. The van der Waals surface area contributed by atoms with Gasteiger partial charge in [0.05, 0.1) is 0 Å². The minimum Gasteiger partial charge on any atom is -0.361 e. The summed E-state index contributed by atoms with van der Waals surface area (Å²) in [5.41, 5.74) is 3.40. The fourth-order valence-corrected chi connectivity index (χ4v) is 3.06. The normalized spacial score (nSPS) is 11.6. The Labute approximate surface area is 139 Å². The Kier molecular flexibility index (Phi) is 4.65. The van der Waals surface area contributed by atoms with E-state index in [4.69, 9.17) is 0 Å². The van der Waals surface area contributed by atoms with E-state index in [1.165, 1.54) is 6.07 Å². The molecular weight excluding hydrogens is 311 g/mol. The van der Waals surface area contributed by atoms with Crippen molar-refractivity contribution in [3.05, 3.63) is 70.7 Å². The van der Waals surface area contributed by atoms with Gasteiger partial charge in [-0.05, 0) is 66.1 Å². The zero-order valence-electron chi connectivity index (χ0n) is 13.8. The van der Waals surface area contributed by atoms with Gasteiger partial charge in [-0.3, -0.25) is 0 Å². The number of hydrogen-bond donors (Lipinski definition) is 1. The molecule has 4 heteroatoms. The monoisotopic (exact) mass is 331 g/mol. The van der Waals surface area contributed by atoms with Crippen molar-refractivity contribution >= 4 is 10.9 Å². The molecule has 1 nitrogen and oxygen atoms in total. The summed E-state index contributed by atoms with van der Waals surface area (Å²) < 4.78 is 40.5. The van der Waals surface area contributed by atoms with E-state index in [1.54, 1.807) is 12.1 Å². The number of rotatable bonds is 5. The SMILES string of the molecule is CC(C)c1c[nH]c2cc(CCCc3ccc(F)c(F)c3)c(F)cc12. The zero-order valence-corrected chi connectivity index (χ0v) is 13.8. The summed E-state index contributed by atoms with van der Waals surface area (Å²) in [6, 6.07) is 7.34. The summed E-state index contributed by atoms with van der Waals surface area (Å²) in [5, 5.41) is 0.923. The zero-order chi connectivity index (χ0) is 17.3. The number of aromatic amines is 1. The van der Waals surface area contributed by atoms with E-state index in [1.807, 2.05) is 12.3 Å². The lowest BCUT2D eigenvalue weighted by molar-refractivity contribution is 0.506. The van der Waals surface area contributed by atoms with Crippen LogP contribution in [0.2, 0.25) is 0 Å². The molecule has 0 fully saturated rings. The lowest BCUT2D eigenvalue weighted by Crippen LogP contribution is -1.95. The van der Waals surface area contributed by atoms with Crippen LogP contribution in [0.3, 0.4) is 0 Å². The lowest BCUT2D eigenvalue weighted by Gasteiger charge is -2.07. The number of benzene rings is 2. The molecule has 1 aromatic heterocycles. The quantitative estimate of drug-likeness (QED) is 0.600. The Bertz CT molecular complexity index is 865. The maximum atomic E-state index is 14.4. The van der Waals surface area contributed by atoms with Gasteiger partial charge in [-0.15, -0.1) is 0 Å². The molecule has 0 bridgehead atoms. The second-order valence-corrected chi connectivity index (χ2v) is 6.49. The van der Waals surface area contributed by atoms with E-state index in [9.17, 15) is 13.2 Å². The molecule has 0 amide bonds. The maximum absolute atomic E-state index is 14.4. The molecule has 0 aliphatic carbocycles. The topological polar surface area (TPSA) is 15.8 Å². The van der Waals surface area contributed by atoms with Crippen molar-refractivity contribution in [3.63, 3.8) is 0 Å². The summed E-state index contributed by atoms with van der Waals surface area (Å²) in [7, 11) is 0. The Morgan fingerprint density at radius 2 is 1.71 bits per heavy atom. The van der Waals surface area contributed by atoms with Gasteiger partial charge in [0.1, 0.15) is 5.82 Å². The third-order valence-electron chi connectivity index (χ3n) is 4.40. The third kappa shape index (κ3) is 3.32. The van der Waals surface area contributed by atoms with Crippen molar-refractivity contribution < 1.29 is 13.2 Å². The van der Waals surface area contributed by atoms with E-state index < -0.39 is 11.6 Å². The fourth-order valence-electron chi connectivity index (χ4n) is 3.06. The Morgan fingerprint density at radius 3 is 2.42 bits per heavy atom. The third-order valence-corrected chi connectivity index (χ3v) is 4.40. The number of fused-ring (bicyclic) bond motifs is 1. The average molecular weight is 331 g/mol. The second kappa shape index (κ2) is 6.71. The number of nitrogens with one attached hydrogen (secondary N) is 1. The van der Waals surface area contributed by atoms with Crippen molar-refractivity contribution in [2.75, 3.05) is 0 Å². The highest BCUT2D eigenvalue weighted by atomic mass is 19.2. The highest BCUT2D eigenvalue weighted by molar-refractivity contribution is 5.84. The average Bonchev–Trinajstić information content (AvgIpc) is 2.94. The van der Waals surface area contributed by atoms with Crippen LogP contribution in [0.4, 0.5) is 13.2 Å². The minimum absolute atomic E-state index is 0.214. The number of aryl methyl sites for hydroxylation is 2. The molecule has 3 aromatic rings. The summed E-state index contributed by atoms with van der Waals surface area (Å²) in [4.78, 5) is 3.20. The molecule has 0 aliphatic heterocycles. The van der Waals surface area contributed by atoms with Crippen molar-refractivity contribution in [3.8, 4) is 0 Å². The van der Waals surface area contributed by atoms with Gasteiger partial charge in [0, 0.05) is 17.1 Å². The van der Waals surface area contributed by atoms with Gasteiger partial charge in [-0.2, -0.15) is 0 Å². The summed E-state index contributed by atoms with van der Waals surface area (Å²) in [6.45, 7) is 4.16. The minimum atomic E-state index is -0.844. The van der Waals surface area contributed by atoms with Gasteiger partial charge in [-0.1, -0.05) is 19.9 Å². The van der Waals surface area contributed by atoms with Crippen LogP contribution in [0.15, 0.2) is 36.5 Å². The molecule has 0 radical (unpaired) electrons. The standard InChI is InChI=1S/C20H20F3N/c1-12(2)16-11-24-20-9-14(18(22)10-15(16)20)5-3-4-13-6-7-17(21)19(23)8-13/h6-12,24H,3-5H2,1-2H3. The van der Waals surface area contributed by atoms with Crippen molar-refractivity contribution in [2.45, 2.75) is 39.0 Å². The molecule has 0 aliphatic rings. The molecule has 0 saturated heterocycles. The van der Waals surface area contributed by atoms with E-state index in [-0.39, 0.29) is 5.82 Å².